The molecule has 0 bridgehead atoms. The molecule has 5 nitrogen and oxygen atoms in total. The van der Waals surface area contributed by atoms with Crippen LogP contribution in [0.25, 0.3) is 0 Å². The van der Waals surface area contributed by atoms with Crippen molar-refractivity contribution in [1.82, 2.24) is 10.0 Å². The van der Waals surface area contributed by atoms with Gasteiger partial charge < -0.3 is 10.1 Å². The van der Waals surface area contributed by atoms with E-state index < -0.39 is 10.0 Å². The third kappa shape index (κ3) is 3.56. The molecule has 0 spiro atoms. The van der Waals surface area contributed by atoms with Gasteiger partial charge in [0.1, 0.15) is 10.6 Å². The van der Waals surface area contributed by atoms with E-state index in [-0.39, 0.29) is 10.9 Å². The number of hydrogen-bond donors (Lipinski definition) is 2. The zero-order chi connectivity index (χ0) is 15.6. The molecule has 0 amide bonds. The Hall–Kier alpha value is -1.11. The molecule has 0 saturated carbocycles. The molecule has 0 radical (unpaired) electrons. The van der Waals surface area contributed by atoms with Gasteiger partial charge in [-0.1, -0.05) is 13.0 Å². The van der Waals surface area contributed by atoms with Crippen LogP contribution in [0.2, 0.25) is 0 Å². The molecule has 1 fully saturated rings. The van der Waals surface area contributed by atoms with Crippen molar-refractivity contribution in [2.45, 2.75) is 38.1 Å². The summed E-state index contributed by atoms with van der Waals surface area (Å²) in [5.74, 6) is 0.738. The zero-order valence-corrected chi connectivity index (χ0v) is 13.9. The standard InChI is InChI=1S/C15H24N2O3S/c1-10-7-12(3)15(20-4)14(8-10)21(18,19)17-13-9-16-6-5-11(13)2/h7-8,11,13,16-17H,5-6,9H2,1-4H3. The van der Waals surface area contributed by atoms with E-state index in [4.69, 9.17) is 4.74 Å². The number of methoxy groups -OCH3 is 1. The van der Waals surface area contributed by atoms with Gasteiger partial charge in [-0.15, -0.1) is 0 Å². The first-order valence-corrected chi connectivity index (χ1v) is 8.71. The van der Waals surface area contributed by atoms with E-state index in [0.717, 1.165) is 24.1 Å². The molecule has 0 aliphatic carbocycles. The molecule has 21 heavy (non-hydrogen) atoms. The van der Waals surface area contributed by atoms with Crippen LogP contribution in [0.1, 0.15) is 24.5 Å². The van der Waals surface area contributed by atoms with Crippen molar-refractivity contribution in [2.75, 3.05) is 20.2 Å². The largest absolute Gasteiger partial charge is 0.495 e. The summed E-state index contributed by atoms with van der Waals surface area (Å²) in [5.41, 5.74) is 1.73. The first-order valence-electron chi connectivity index (χ1n) is 7.23. The highest BCUT2D eigenvalue weighted by molar-refractivity contribution is 7.89. The van der Waals surface area contributed by atoms with Crippen LogP contribution in [0.3, 0.4) is 0 Å². The Morgan fingerprint density at radius 3 is 2.67 bits per heavy atom. The van der Waals surface area contributed by atoms with Gasteiger partial charge in [0.05, 0.1) is 7.11 Å². The van der Waals surface area contributed by atoms with Gasteiger partial charge in [0.25, 0.3) is 0 Å². The van der Waals surface area contributed by atoms with Crippen molar-refractivity contribution < 1.29 is 13.2 Å². The van der Waals surface area contributed by atoms with Crippen LogP contribution in [0.5, 0.6) is 5.75 Å². The van der Waals surface area contributed by atoms with Crippen LogP contribution in [-0.2, 0) is 10.0 Å². The lowest BCUT2D eigenvalue weighted by Gasteiger charge is -2.30. The van der Waals surface area contributed by atoms with Crippen LogP contribution in [0.15, 0.2) is 17.0 Å². The number of rotatable bonds is 4. The first kappa shape index (κ1) is 16.3. The number of hydrogen-bond acceptors (Lipinski definition) is 4. The van der Waals surface area contributed by atoms with Gasteiger partial charge in [0.2, 0.25) is 10.0 Å². The van der Waals surface area contributed by atoms with Gasteiger partial charge in [-0.3, -0.25) is 0 Å². The quantitative estimate of drug-likeness (QED) is 0.886. The van der Waals surface area contributed by atoms with Crippen LogP contribution in [0, 0.1) is 19.8 Å². The summed E-state index contributed by atoms with van der Waals surface area (Å²) in [7, 11) is -2.09. The molecule has 2 atom stereocenters. The highest BCUT2D eigenvalue weighted by Gasteiger charge is 2.29. The van der Waals surface area contributed by atoms with Crippen LogP contribution in [0.4, 0.5) is 0 Å². The lowest BCUT2D eigenvalue weighted by atomic mass is 9.96. The SMILES string of the molecule is COc1c(C)cc(C)cc1S(=O)(=O)NC1CNCCC1C. The smallest absolute Gasteiger partial charge is 0.244 e. The van der Waals surface area contributed by atoms with E-state index in [2.05, 4.69) is 17.0 Å². The molecular formula is C15H24N2O3S. The topological polar surface area (TPSA) is 67.4 Å². The number of benzene rings is 1. The summed E-state index contributed by atoms with van der Waals surface area (Å²) in [5, 5.41) is 3.23. The van der Waals surface area contributed by atoms with Crippen LogP contribution in [-0.4, -0.2) is 34.7 Å². The van der Waals surface area contributed by atoms with Crippen molar-refractivity contribution in [3.8, 4) is 5.75 Å². The second-order valence-corrected chi connectivity index (χ2v) is 7.49. The summed E-state index contributed by atoms with van der Waals surface area (Å²) in [6.45, 7) is 7.42. The summed E-state index contributed by atoms with van der Waals surface area (Å²) in [6.07, 6.45) is 0.969. The molecule has 1 aromatic rings. The molecular weight excluding hydrogens is 288 g/mol. The van der Waals surface area contributed by atoms with E-state index in [1.54, 1.807) is 6.07 Å². The molecule has 1 heterocycles. The molecule has 2 rings (SSSR count). The minimum atomic E-state index is -3.60. The predicted molar refractivity (Wildman–Crippen MR) is 83.2 cm³/mol. The Labute approximate surface area is 127 Å². The van der Waals surface area contributed by atoms with Crippen molar-refractivity contribution in [2.24, 2.45) is 5.92 Å². The average molecular weight is 312 g/mol. The van der Waals surface area contributed by atoms with Crippen molar-refractivity contribution in [3.63, 3.8) is 0 Å². The predicted octanol–water partition coefficient (Wildman–Crippen LogP) is 1.59. The molecule has 1 aliphatic heterocycles. The Kier molecular flexibility index (Phi) is 4.91. The zero-order valence-electron chi connectivity index (χ0n) is 13.1. The van der Waals surface area contributed by atoms with Crippen LogP contribution >= 0.6 is 0 Å². The summed E-state index contributed by atoms with van der Waals surface area (Å²) < 4.78 is 33.5. The van der Waals surface area contributed by atoms with Gasteiger partial charge in [-0.25, -0.2) is 13.1 Å². The minimum absolute atomic E-state index is 0.0886. The minimum Gasteiger partial charge on any atom is -0.495 e. The third-order valence-corrected chi connectivity index (χ3v) is 5.51. The molecule has 2 N–H and O–H groups in total. The van der Waals surface area contributed by atoms with Gasteiger partial charge in [-0.05, 0) is 49.9 Å². The molecule has 1 aromatic carbocycles. The maximum Gasteiger partial charge on any atom is 0.244 e. The summed E-state index contributed by atoms with van der Waals surface area (Å²) >= 11 is 0. The lowest BCUT2D eigenvalue weighted by molar-refractivity contribution is 0.326. The third-order valence-electron chi connectivity index (χ3n) is 4.01. The Morgan fingerprint density at radius 1 is 1.33 bits per heavy atom. The highest BCUT2D eigenvalue weighted by Crippen LogP contribution is 2.29. The molecule has 1 aliphatic rings. The molecule has 0 aromatic heterocycles. The molecule has 2 unspecified atom stereocenters. The summed E-state index contributed by atoms with van der Waals surface area (Å²) in [6, 6.07) is 3.49. The highest BCUT2D eigenvalue weighted by atomic mass is 32.2. The molecule has 1 saturated heterocycles. The molecule has 118 valence electrons. The van der Waals surface area contributed by atoms with Crippen LogP contribution < -0.4 is 14.8 Å². The van der Waals surface area contributed by atoms with E-state index in [9.17, 15) is 8.42 Å². The number of ether oxygens (including phenoxy) is 1. The second kappa shape index (κ2) is 6.34. The normalized spacial score (nSPS) is 23.0. The molecule has 6 heteroatoms. The Bertz CT molecular complexity index is 614. The number of piperidine rings is 1. The van der Waals surface area contributed by atoms with Crippen molar-refractivity contribution in [3.05, 3.63) is 23.3 Å². The second-order valence-electron chi connectivity index (χ2n) is 5.81. The first-order chi connectivity index (χ1) is 9.85. The Morgan fingerprint density at radius 2 is 2.05 bits per heavy atom. The maximum atomic E-state index is 12.7. The van der Waals surface area contributed by atoms with Crippen molar-refractivity contribution in [1.29, 1.82) is 0 Å². The van der Waals surface area contributed by atoms with E-state index in [1.807, 2.05) is 19.9 Å². The fraction of sp³-hybridized carbons (Fsp3) is 0.600. The van der Waals surface area contributed by atoms with Gasteiger partial charge in [-0.2, -0.15) is 0 Å². The average Bonchev–Trinajstić information content (AvgIpc) is 2.40. The summed E-state index contributed by atoms with van der Waals surface area (Å²) in [4.78, 5) is 0.222. The fourth-order valence-electron chi connectivity index (χ4n) is 2.79. The maximum absolute atomic E-state index is 12.7. The Balaban J connectivity index is 2.35. The van der Waals surface area contributed by atoms with Gasteiger partial charge in [0, 0.05) is 12.6 Å². The number of nitrogens with one attached hydrogen (secondary N) is 2. The van der Waals surface area contributed by atoms with E-state index >= 15 is 0 Å². The fourth-order valence-corrected chi connectivity index (χ4v) is 4.46. The van der Waals surface area contributed by atoms with Gasteiger partial charge >= 0.3 is 0 Å². The van der Waals surface area contributed by atoms with E-state index in [1.165, 1.54) is 7.11 Å². The lowest BCUT2D eigenvalue weighted by Crippen LogP contribution is -2.50. The monoisotopic (exact) mass is 312 g/mol. The number of aryl methyl sites for hydroxylation is 2. The van der Waals surface area contributed by atoms with E-state index in [0.29, 0.717) is 18.2 Å². The van der Waals surface area contributed by atoms with Gasteiger partial charge in [0.15, 0.2) is 0 Å². The van der Waals surface area contributed by atoms with Crippen molar-refractivity contribution >= 4 is 10.0 Å². The number of sulfonamides is 1.